The standard InChI is InChI=1S/C15H20Cl2N2O2S.ClH/c1-22-7-5-14(18)15(20)19-6-4-11(9-19)21-10-2-3-12(16)13(17)8-10;/h2-3,8,11,14H,4-7,9,18H2,1H3;1H/t11?,14-;/m0./s1. The molecule has 8 heteroatoms. The third-order valence-corrected chi connectivity index (χ3v) is 4.98. The number of thioether (sulfide) groups is 1. The molecule has 1 heterocycles. The van der Waals surface area contributed by atoms with Crippen LogP contribution in [0.15, 0.2) is 18.2 Å². The molecule has 0 saturated carbocycles. The Morgan fingerprint density at radius 1 is 1.48 bits per heavy atom. The van der Waals surface area contributed by atoms with Gasteiger partial charge in [-0.15, -0.1) is 12.4 Å². The van der Waals surface area contributed by atoms with E-state index in [2.05, 4.69) is 0 Å². The van der Waals surface area contributed by atoms with Gasteiger partial charge in [0.25, 0.3) is 0 Å². The molecule has 0 radical (unpaired) electrons. The summed E-state index contributed by atoms with van der Waals surface area (Å²) in [4.78, 5) is 14.0. The van der Waals surface area contributed by atoms with Gasteiger partial charge < -0.3 is 15.4 Å². The molecule has 1 saturated heterocycles. The van der Waals surface area contributed by atoms with E-state index < -0.39 is 6.04 Å². The van der Waals surface area contributed by atoms with Crippen molar-refractivity contribution in [2.24, 2.45) is 5.73 Å². The van der Waals surface area contributed by atoms with Crippen molar-refractivity contribution in [3.05, 3.63) is 28.2 Å². The fraction of sp³-hybridized carbons (Fsp3) is 0.533. The quantitative estimate of drug-likeness (QED) is 0.795. The van der Waals surface area contributed by atoms with E-state index in [-0.39, 0.29) is 24.4 Å². The van der Waals surface area contributed by atoms with E-state index in [1.54, 1.807) is 34.9 Å². The first-order chi connectivity index (χ1) is 10.5. The number of hydrogen-bond donors (Lipinski definition) is 1. The zero-order chi connectivity index (χ0) is 16.1. The second-order valence-corrected chi connectivity index (χ2v) is 7.08. The third kappa shape index (κ3) is 5.91. The Bertz CT molecular complexity index is 533. The highest BCUT2D eigenvalue weighted by Crippen LogP contribution is 2.28. The van der Waals surface area contributed by atoms with Gasteiger partial charge in [-0.3, -0.25) is 4.79 Å². The van der Waals surface area contributed by atoms with Gasteiger partial charge in [-0.1, -0.05) is 23.2 Å². The monoisotopic (exact) mass is 398 g/mol. The van der Waals surface area contributed by atoms with Crippen LogP contribution in [-0.4, -0.2) is 48.1 Å². The number of amides is 1. The van der Waals surface area contributed by atoms with Crippen LogP contribution in [0.3, 0.4) is 0 Å². The fourth-order valence-electron chi connectivity index (χ4n) is 2.37. The number of carbonyl (C=O) groups excluding carboxylic acids is 1. The van der Waals surface area contributed by atoms with E-state index in [1.165, 1.54) is 0 Å². The molecule has 1 aliphatic rings. The highest BCUT2D eigenvalue weighted by molar-refractivity contribution is 7.98. The van der Waals surface area contributed by atoms with Gasteiger partial charge in [0.15, 0.2) is 0 Å². The number of ether oxygens (including phenoxy) is 1. The average Bonchev–Trinajstić information content (AvgIpc) is 2.96. The van der Waals surface area contributed by atoms with Crippen LogP contribution in [0, 0.1) is 0 Å². The predicted octanol–water partition coefficient (Wildman–Crippen LogP) is 3.48. The Balaban J connectivity index is 0.00000264. The van der Waals surface area contributed by atoms with Gasteiger partial charge >= 0.3 is 0 Å². The van der Waals surface area contributed by atoms with E-state index >= 15 is 0 Å². The molecule has 1 fully saturated rings. The molecular formula is C15H21Cl3N2O2S. The number of rotatable bonds is 6. The molecule has 0 aromatic heterocycles. The van der Waals surface area contributed by atoms with Gasteiger partial charge in [0.2, 0.25) is 5.91 Å². The SMILES string of the molecule is CSCC[C@H](N)C(=O)N1CCC(Oc2ccc(Cl)c(Cl)c2)C1.Cl. The molecule has 1 aromatic rings. The van der Waals surface area contributed by atoms with Gasteiger partial charge in [-0.25, -0.2) is 0 Å². The van der Waals surface area contributed by atoms with E-state index in [9.17, 15) is 4.79 Å². The maximum Gasteiger partial charge on any atom is 0.239 e. The predicted molar refractivity (Wildman–Crippen MR) is 100 cm³/mol. The van der Waals surface area contributed by atoms with Gasteiger partial charge in [-0.2, -0.15) is 11.8 Å². The summed E-state index contributed by atoms with van der Waals surface area (Å²) >= 11 is 13.6. The summed E-state index contributed by atoms with van der Waals surface area (Å²) in [6.07, 6.45) is 3.47. The number of halogens is 3. The Kier molecular flexibility index (Phi) is 8.86. The van der Waals surface area contributed by atoms with Crippen LogP contribution in [0.1, 0.15) is 12.8 Å². The lowest BCUT2D eigenvalue weighted by atomic mass is 10.2. The molecule has 2 N–H and O–H groups in total. The Hall–Kier alpha value is -0.330. The minimum atomic E-state index is -0.420. The molecule has 2 atom stereocenters. The lowest BCUT2D eigenvalue weighted by molar-refractivity contribution is -0.131. The van der Waals surface area contributed by atoms with Crippen LogP contribution < -0.4 is 10.5 Å². The molecule has 1 aromatic carbocycles. The summed E-state index contributed by atoms with van der Waals surface area (Å²) in [6.45, 7) is 1.24. The Labute approximate surface area is 157 Å². The minimum absolute atomic E-state index is 0. The highest BCUT2D eigenvalue weighted by Gasteiger charge is 2.30. The summed E-state index contributed by atoms with van der Waals surface area (Å²) in [5.41, 5.74) is 5.94. The van der Waals surface area contributed by atoms with Crippen LogP contribution in [-0.2, 0) is 4.79 Å². The summed E-state index contributed by atoms with van der Waals surface area (Å²) in [5.74, 6) is 1.57. The zero-order valence-electron chi connectivity index (χ0n) is 12.8. The van der Waals surface area contributed by atoms with Crippen molar-refractivity contribution in [2.75, 3.05) is 25.1 Å². The van der Waals surface area contributed by atoms with Crippen molar-refractivity contribution in [3.8, 4) is 5.75 Å². The number of nitrogens with two attached hydrogens (primary N) is 1. The molecule has 0 aliphatic carbocycles. The summed E-state index contributed by atoms with van der Waals surface area (Å²) in [5, 5.41) is 0.959. The van der Waals surface area contributed by atoms with Crippen molar-refractivity contribution >= 4 is 53.3 Å². The largest absolute Gasteiger partial charge is 0.488 e. The first-order valence-corrected chi connectivity index (χ1v) is 9.31. The molecule has 2 rings (SSSR count). The van der Waals surface area contributed by atoms with Crippen molar-refractivity contribution in [1.82, 2.24) is 4.90 Å². The summed E-state index contributed by atoms with van der Waals surface area (Å²) in [6, 6.07) is 4.76. The number of nitrogens with zero attached hydrogens (tertiary/aromatic N) is 1. The molecule has 1 amide bonds. The normalized spacial score (nSPS) is 18.4. The van der Waals surface area contributed by atoms with E-state index in [0.717, 1.165) is 12.2 Å². The second kappa shape index (κ2) is 9.84. The number of likely N-dealkylation sites (tertiary alicyclic amines) is 1. The Morgan fingerprint density at radius 2 is 2.22 bits per heavy atom. The topological polar surface area (TPSA) is 55.6 Å². The molecule has 23 heavy (non-hydrogen) atoms. The van der Waals surface area contributed by atoms with E-state index in [4.69, 9.17) is 33.7 Å². The van der Waals surface area contributed by atoms with Crippen LogP contribution in [0.25, 0.3) is 0 Å². The first-order valence-electron chi connectivity index (χ1n) is 7.16. The molecule has 1 aliphatic heterocycles. The van der Waals surface area contributed by atoms with E-state index in [1.807, 2.05) is 6.26 Å². The van der Waals surface area contributed by atoms with Crippen molar-refractivity contribution in [1.29, 1.82) is 0 Å². The molecular weight excluding hydrogens is 379 g/mol. The first kappa shape index (κ1) is 20.7. The van der Waals surface area contributed by atoms with Crippen LogP contribution in [0.2, 0.25) is 10.0 Å². The number of carbonyl (C=O) groups is 1. The lowest BCUT2D eigenvalue weighted by Crippen LogP contribution is -2.43. The third-order valence-electron chi connectivity index (χ3n) is 3.60. The summed E-state index contributed by atoms with van der Waals surface area (Å²) < 4.78 is 5.87. The number of hydrogen-bond acceptors (Lipinski definition) is 4. The average molecular weight is 400 g/mol. The zero-order valence-corrected chi connectivity index (χ0v) is 16.0. The fourth-order valence-corrected chi connectivity index (χ4v) is 3.15. The molecule has 4 nitrogen and oxygen atoms in total. The van der Waals surface area contributed by atoms with Crippen LogP contribution >= 0.6 is 47.4 Å². The van der Waals surface area contributed by atoms with Crippen LogP contribution in [0.4, 0.5) is 0 Å². The van der Waals surface area contributed by atoms with Gasteiger partial charge in [0.05, 0.1) is 22.6 Å². The molecule has 130 valence electrons. The van der Waals surface area contributed by atoms with Gasteiger partial charge in [0, 0.05) is 19.0 Å². The maximum atomic E-state index is 12.2. The molecule has 1 unspecified atom stereocenters. The van der Waals surface area contributed by atoms with Crippen molar-refractivity contribution in [3.63, 3.8) is 0 Å². The van der Waals surface area contributed by atoms with E-state index in [0.29, 0.717) is 35.3 Å². The lowest BCUT2D eigenvalue weighted by Gasteiger charge is -2.21. The smallest absolute Gasteiger partial charge is 0.239 e. The number of benzene rings is 1. The Morgan fingerprint density at radius 3 is 2.87 bits per heavy atom. The summed E-state index contributed by atoms with van der Waals surface area (Å²) in [7, 11) is 0. The minimum Gasteiger partial charge on any atom is -0.488 e. The molecule has 0 bridgehead atoms. The van der Waals surface area contributed by atoms with Crippen molar-refractivity contribution in [2.45, 2.75) is 25.0 Å². The molecule has 0 spiro atoms. The highest BCUT2D eigenvalue weighted by atomic mass is 35.5. The van der Waals surface area contributed by atoms with Gasteiger partial charge in [0.1, 0.15) is 11.9 Å². The van der Waals surface area contributed by atoms with Crippen LogP contribution in [0.5, 0.6) is 5.75 Å². The second-order valence-electron chi connectivity index (χ2n) is 5.28. The maximum absolute atomic E-state index is 12.2. The van der Waals surface area contributed by atoms with Crippen molar-refractivity contribution < 1.29 is 9.53 Å². The van der Waals surface area contributed by atoms with Gasteiger partial charge in [-0.05, 0) is 30.6 Å².